The van der Waals surface area contributed by atoms with Crippen molar-refractivity contribution >= 4 is 11.8 Å². The predicted octanol–water partition coefficient (Wildman–Crippen LogP) is 4.85. The van der Waals surface area contributed by atoms with Gasteiger partial charge in [-0.1, -0.05) is 24.3 Å². The van der Waals surface area contributed by atoms with Crippen molar-refractivity contribution in [3.8, 4) is 0 Å². The van der Waals surface area contributed by atoms with E-state index in [1.807, 2.05) is 0 Å². The molecule has 0 spiro atoms. The van der Waals surface area contributed by atoms with Gasteiger partial charge in [-0.2, -0.15) is 26.3 Å². The van der Waals surface area contributed by atoms with Crippen molar-refractivity contribution in [2.75, 3.05) is 20.8 Å². The maximum Gasteiger partial charge on any atom is 0.442 e. The molecule has 4 rings (SSSR count). The zero-order valence-corrected chi connectivity index (χ0v) is 18.1. The minimum atomic E-state index is -4.69. The third-order valence-electron chi connectivity index (χ3n) is 5.58. The van der Waals surface area contributed by atoms with Crippen LogP contribution < -0.4 is 0 Å². The molecule has 2 amide bonds. The summed E-state index contributed by atoms with van der Waals surface area (Å²) in [5.41, 5.74) is -5.48. The SMILES string of the molecule is CN(CN(C)C(=O)c1ccc(C2(C(F)(F)F)N=N2)cc1)C(=O)c1ccc(C2(C(F)(F)F)N=N2)cc1. The number of carbonyl (C=O) groups is 2. The molecule has 2 aliphatic heterocycles. The summed E-state index contributed by atoms with van der Waals surface area (Å²) in [5, 5.41) is 12.4. The van der Waals surface area contributed by atoms with Crippen molar-refractivity contribution in [1.29, 1.82) is 0 Å². The quantitative estimate of drug-likeness (QED) is 0.421. The molecular formula is C21H16F6N6O2. The van der Waals surface area contributed by atoms with E-state index in [9.17, 15) is 35.9 Å². The molecule has 0 fully saturated rings. The number of amides is 2. The molecule has 2 aromatic rings. The van der Waals surface area contributed by atoms with Crippen LogP contribution in [0.5, 0.6) is 0 Å². The summed E-state index contributed by atoms with van der Waals surface area (Å²) in [7, 11) is 2.77. The van der Waals surface area contributed by atoms with Crippen molar-refractivity contribution in [1.82, 2.24) is 9.80 Å². The molecule has 0 bridgehead atoms. The summed E-state index contributed by atoms with van der Waals surface area (Å²) < 4.78 is 78.6. The summed E-state index contributed by atoms with van der Waals surface area (Å²) >= 11 is 0. The second-order valence-corrected chi connectivity index (χ2v) is 8.04. The predicted molar refractivity (Wildman–Crippen MR) is 107 cm³/mol. The number of hydrogen-bond acceptors (Lipinski definition) is 6. The summed E-state index contributed by atoms with van der Waals surface area (Å²) in [6.45, 7) is -0.199. The van der Waals surface area contributed by atoms with Gasteiger partial charge < -0.3 is 9.80 Å². The molecule has 14 heteroatoms. The van der Waals surface area contributed by atoms with Gasteiger partial charge in [0.1, 0.15) is 0 Å². The number of halogens is 6. The molecule has 0 aromatic heterocycles. The van der Waals surface area contributed by atoms with Crippen LogP contribution in [0.15, 0.2) is 69.0 Å². The lowest BCUT2D eigenvalue weighted by Gasteiger charge is -2.25. The number of rotatable bonds is 6. The van der Waals surface area contributed by atoms with E-state index >= 15 is 0 Å². The van der Waals surface area contributed by atoms with E-state index in [1.165, 1.54) is 38.4 Å². The molecule has 8 nitrogen and oxygen atoms in total. The van der Waals surface area contributed by atoms with Crippen molar-refractivity contribution < 1.29 is 35.9 Å². The van der Waals surface area contributed by atoms with Gasteiger partial charge in [0.15, 0.2) is 0 Å². The molecule has 2 aromatic carbocycles. The molecule has 184 valence electrons. The van der Waals surface area contributed by atoms with Gasteiger partial charge in [-0.25, -0.2) is 0 Å². The van der Waals surface area contributed by atoms with E-state index in [1.54, 1.807) is 0 Å². The fraction of sp³-hybridized carbons (Fsp3) is 0.333. The first-order valence-corrected chi connectivity index (χ1v) is 9.95. The first kappa shape index (κ1) is 24.3. The van der Waals surface area contributed by atoms with Crippen LogP contribution in [0.2, 0.25) is 0 Å². The monoisotopic (exact) mass is 498 g/mol. The number of carbonyl (C=O) groups excluding carboxylic acids is 2. The normalized spacial score (nSPS) is 17.1. The minimum Gasteiger partial charge on any atom is -0.324 e. The van der Waals surface area contributed by atoms with Crippen molar-refractivity contribution in [3.05, 3.63) is 70.8 Å². The van der Waals surface area contributed by atoms with Crippen LogP contribution in [0.25, 0.3) is 0 Å². The van der Waals surface area contributed by atoms with Crippen molar-refractivity contribution in [2.45, 2.75) is 23.7 Å². The van der Waals surface area contributed by atoms with Gasteiger partial charge in [-0.05, 0) is 24.3 Å². The Morgan fingerprint density at radius 1 is 0.657 bits per heavy atom. The maximum absolute atomic E-state index is 13.1. The Hall–Kier alpha value is -3.84. The Balaban J connectivity index is 1.38. The lowest BCUT2D eigenvalue weighted by Crippen LogP contribution is -2.40. The van der Waals surface area contributed by atoms with Gasteiger partial charge in [0.2, 0.25) is 0 Å². The fourth-order valence-corrected chi connectivity index (χ4v) is 3.46. The van der Waals surface area contributed by atoms with Crippen LogP contribution >= 0.6 is 0 Å². The lowest BCUT2D eigenvalue weighted by molar-refractivity contribution is -0.166. The average Bonchev–Trinajstić information content (AvgIpc) is 3.70. The second kappa shape index (κ2) is 7.85. The highest BCUT2D eigenvalue weighted by Gasteiger charge is 2.65. The fourth-order valence-electron chi connectivity index (χ4n) is 3.46. The van der Waals surface area contributed by atoms with E-state index in [0.717, 1.165) is 34.1 Å². The number of benzene rings is 2. The minimum absolute atomic E-state index is 0.0776. The molecule has 0 unspecified atom stereocenters. The first-order chi connectivity index (χ1) is 16.2. The maximum atomic E-state index is 13.1. The van der Waals surface area contributed by atoms with E-state index in [-0.39, 0.29) is 28.9 Å². The standard InChI is InChI=1S/C21H16F6N6O2/c1-32(16(34)12-3-7-14(8-4-12)18(28-29-18)20(22,23)24)11-33(2)17(35)13-5-9-15(10-6-13)19(30-31-19)21(25,26)27/h3-10H,11H2,1-2H3. The van der Waals surface area contributed by atoms with Crippen LogP contribution in [0.1, 0.15) is 31.8 Å². The van der Waals surface area contributed by atoms with Crippen LogP contribution in [0.3, 0.4) is 0 Å². The topological polar surface area (TPSA) is 90.1 Å². The Labute approximate surface area is 193 Å². The highest BCUT2D eigenvalue weighted by Crippen LogP contribution is 2.53. The van der Waals surface area contributed by atoms with E-state index in [2.05, 4.69) is 20.5 Å². The largest absolute Gasteiger partial charge is 0.442 e. The molecule has 0 saturated heterocycles. The van der Waals surface area contributed by atoms with Crippen molar-refractivity contribution in [3.63, 3.8) is 0 Å². The Morgan fingerprint density at radius 2 is 0.943 bits per heavy atom. The van der Waals surface area contributed by atoms with Gasteiger partial charge in [0.25, 0.3) is 11.8 Å². The third kappa shape index (κ3) is 4.12. The molecule has 2 heterocycles. The molecule has 0 saturated carbocycles. The van der Waals surface area contributed by atoms with Crippen LogP contribution in [0.4, 0.5) is 26.3 Å². The smallest absolute Gasteiger partial charge is 0.324 e. The van der Waals surface area contributed by atoms with E-state index < -0.39 is 35.5 Å². The average molecular weight is 498 g/mol. The second-order valence-electron chi connectivity index (χ2n) is 8.04. The van der Waals surface area contributed by atoms with Crippen LogP contribution in [-0.4, -0.2) is 54.7 Å². The molecule has 2 aliphatic rings. The molecule has 0 atom stereocenters. The Kier molecular flexibility index (Phi) is 5.45. The zero-order chi connectivity index (χ0) is 25.8. The Morgan fingerprint density at radius 3 is 1.17 bits per heavy atom. The highest BCUT2D eigenvalue weighted by atomic mass is 19.4. The van der Waals surface area contributed by atoms with Crippen LogP contribution in [-0.2, 0) is 11.3 Å². The molecule has 0 aliphatic carbocycles. The summed E-state index contributed by atoms with van der Waals surface area (Å²) in [6, 6.07) is 9.25. The summed E-state index contributed by atoms with van der Waals surface area (Å²) in [4.78, 5) is 27.6. The third-order valence-corrected chi connectivity index (χ3v) is 5.58. The number of alkyl halides is 6. The molecule has 0 N–H and O–H groups in total. The van der Waals surface area contributed by atoms with Gasteiger partial charge in [0, 0.05) is 36.3 Å². The van der Waals surface area contributed by atoms with Gasteiger partial charge >= 0.3 is 23.7 Å². The summed E-state index contributed by atoms with van der Waals surface area (Å²) in [6.07, 6.45) is -9.38. The zero-order valence-electron chi connectivity index (χ0n) is 18.1. The van der Waals surface area contributed by atoms with Gasteiger partial charge in [0.05, 0.1) is 6.67 Å². The highest BCUT2D eigenvalue weighted by molar-refractivity contribution is 5.96. The molecule has 35 heavy (non-hydrogen) atoms. The van der Waals surface area contributed by atoms with Gasteiger partial charge in [-0.15, -0.1) is 20.5 Å². The first-order valence-electron chi connectivity index (χ1n) is 9.95. The number of nitrogens with zero attached hydrogens (tertiary/aromatic N) is 6. The molecule has 0 radical (unpaired) electrons. The number of hydrogen-bond donors (Lipinski definition) is 0. The van der Waals surface area contributed by atoms with Gasteiger partial charge in [-0.3, -0.25) is 9.59 Å². The van der Waals surface area contributed by atoms with Crippen LogP contribution in [0, 0.1) is 0 Å². The Bertz CT molecular complexity index is 1110. The van der Waals surface area contributed by atoms with E-state index in [4.69, 9.17) is 0 Å². The lowest BCUT2D eigenvalue weighted by atomic mass is 10.0. The summed E-state index contributed by atoms with van der Waals surface area (Å²) in [5.74, 6) is -1.14. The van der Waals surface area contributed by atoms with E-state index in [0.29, 0.717) is 0 Å². The van der Waals surface area contributed by atoms with Crippen molar-refractivity contribution in [2.24, 2.45) is 20.5 Å². The molecular weight excluding hydrogens is 482 g/mol.